The standard InChI is InChI=1S/C23H32N2O6.4ClH/c1-27-20-8-6-5-7-19(20)25-11-9-24(10-12-25)15-17(26)16-31-18-13-21(28-2)23(30-4)22(14-18)29-3;;;;/h5-8,13-14,17,26H,9-12,15-16H2,1-4H3;4*1H. The largest absolute Gasteiger partial charge is 0.495 e. The first-order valence-electron chi connectivity index (χ1n) is 10.3. The lowest BCUT2D eigenvalue weighted by atomic mass is 10.2. The van der Waals surface area contributed by atoms with Gasteiger partial charge in [-0.3, -0.25) is 4.90 Å². The SMILES string of the molecule is COc1ccccc1N1CCN(CC(O)COc2cc(OC)c(OC)c(OC)c2)CC1.Cl.Cl.Cl.Cl. The third kappa shape index (κ3) is 9.37. The Hall–Kier alpha value is -1.68. The molecule has 8 nitrogen and oxygen atoms in total. The molecule has 0 bridgehead atoms. The molecule has 0 spiro atoms. The maximum atomic E-state index is 10.5. The van der Waals surface area contributed by atoms with Crippen LogP contribution in [0.15, 0.2) is 36.4 Å². The fraction of sp³-hybridized carbons (Fsp3) is 0.478. The molecule has 35 heavy (non-hydrogen) atoms. The summed E-state index contributed by atoms with van der Waals surface area (Å²) < 4.78 is 27.3. The van der Waals surface area contributed by atoms with Crippen LogP contribution in [-0.4, -0.2) is 83.9 Å². The Labute approximate surface area is 232 Å². The van der Waals surface area contributed by atoms with Gasteiger partial charge >= 0.3 is 0 Å². The third-order valence-corrected chi connectivity index (χ3v) is 5.35. The number of nitrogens with zero attached hydrogens (tertiary/aromatic N) is 2. The molecule has 0 amide bonds. The molecule has 12 heteroatoms. The molecule has 1 aliphatic rings. The highest BCUT2D eigenvalue weighted by atomic mass is 35.5. The number of anilines is 1. The first kappa shape index (κ1) is 35.5. The second kappa shape index (κ2) is 17.7. The number of hydrogen-bond donors (Lipinski definition) is 1. The zero-order chi connectivity index (χ0) is 22.2. The zero-order valence-electron chi connectivity index (χ0n) is 20.3. The maximum Gasteiger partial charge on any atom is 0.203 e. The summed E-state index contributed by atoms with van der Waals surface area (Å²) in [6.45, 7) is 4.19. The van der Waals surface area contributed by atoms with Crippen molar-refractivity contribution in [3.05, 3.63) is 36.4 Å². The van der Waals surface area contributed by atoms with Crippen LogP contribution in [0.25, 0.3) is 0 Å². The summed E-state index contributed by atoms with van der Waals surface area (Å²) in [6, 6.07) is 11.5. The number of methoxy groups -OCH3 is 4. The summed E-state index contributed by atoms with van der Waals surface area (Å²) in [5.74, 6) is 2.97. The van der Waals surface area contributed by atoms with Crippen LogP contribution < -0.4 is 28.6 Å². The average Bonchev–Trinajstić information content (AvgIpc) is 2.82. The third-order valence-electron chi connectivity index (χ3n) is 5.35. The van der Waals surface area contributed by atoms with Gasteiger partial charge < -0.3 is 33.7 Å². The number of aliphatic hydroxyl groups excluding tert-OH is 1. The van der Waals surface area contributed by atoms with Crippen molar-refractivity contribution < 1.29 is 28.8 Å². The summed E-state index contributed by atoms with van der Waals surface area (Å²) >= 11 is 0. The second-order valence-electron chi connectivity index (χ2n) is 7.29. The monoisotopic (exact) mass is 576 g/mol. The Balaban J connectivity index is 0. The summed E-state index contributed by atoms with van der Waals surface area (Å²) in [6.07, 6.45) is -0.614. The lowest BCUT2D eigenvalue weighted by molar-refractivity contribution is 0.0660. The fourth-order valence-corrected chi connectivity index (χ4v) is 3.75. The molecular formula is C23H36Cl4N2O6. The van der Waals surface area contributed by atoms with Gasteiger partial charge in [0.15, 0.2) is 11.5 Å². The molecule has 0 radical (unpaired) electrons. The highest BCUT2D eigenvalue weighted by molar-refractivity contribution is 5.86. The van der Waals surface area contributed by atoms with Crippen LogP contribution in [0.3, 0.4) is 0 Å². The van der Waals surface area contributed by atoms with Gasteiger partial charge in [-0.15, -0.1) is 49.6 Å². The minimum atomic E-state index is -0.614. The minimum Gasteiger partial charge on any atom is -0.495 e. The predicted octanol–water partition coefficient (Wildman–Crippen LogP) is 3.97. The molecule has 0 saturated carbocycles. The van der Waals surface area contributed by atoms with Crippen LogP contribution in [0, 0.1) is 0 Å². The van der Waals surface area contributed by atoms with E-state index in [1.54, 1.807) is 40.6 Å². The van der Waals surface area contributed by atoms with Gasteiger partial charge in [0.2, 0.25) is 5.75 Å². The van der Waals surface area contributed by atoms with E-state index in [2.05, 4.69) is 15.9 Å². The normalized spacial score (nSPS) is 13.6. The smallest absolute Gasteiger partial charge is 0.203 e. The number of aliphatic hydroxyl groups is 1. The fourth-order valence-electron chi connectivity index (χ4n) is 3.75. The van der Waals surface area contributed by atoms with Gasteiger partial charge in [0.25, 0.3) is 0 Å². The highest BCUT2D eigenvalue weighted by Crippen LogP contribution is 2.40. The Kier molecular flexibility index (Phi) is 17.9. The van der Waals surface area contributed by atoms with Crippen LogP contribution >= 0.6 is 49.6 Å². The van der Waals surface area contributed by atoms with Gasteiger partial charge in [-0.1, -0.05) is 12.1 Å². The molecule has 2 aromatic carbocycles. The molecule has 1 aliphatic heterocycles. The summed E-state index contributed by atoms with van der Waals surface area (Å²) in [4.78, 5) is 4.56. The summed E-state index contributed by atoms with van der Waals surface area (Å²) in [5.41, 5.74) is 1.11. The van der Waals surface area contributed by atoms with E-state index in [9.17, 15) is 5.11 Å². The topological polar surface area (TPSA) is 72.9 Å². The Morgan fingerprint density at radius 2 is 1.31 bits per heavy atom. The molecular weight excluding hydrogens is 542 g/mol. The van der Waals surface area contributed by atoms with Crippen molar-refractivity contribution in [2.75, 3.05) is 72.7 Å². The van der Waals surface area contributed by atoms with E-state index in [-0.39, 0.29) is 56.2 Å². The number of ether oxygens (including phenoxy) is 5. The Morgan fingerprint density at radius 1 is 0.771 bits per heavy atom. The van der Waals surface area contributed by atoms with Gasteiger partial charge in [-0.05, 0) is 12.1 Å². The van der Waals surface area contributed by atoms with E-state index in [0.29, 0.717) is 29.5 Å². The van der Waals surface area contributed by atoms with E-state index in [1.807, 2.05) is 18.2 Å². The molecule has 1 saturated heterocycles. The van der Waals surface area contributed by atoms with E-state index in [4.69, 9.17) is 23.7 Å². The molecule has 1 fully saturated rings. The molecule has 0 aromatic heterocycles. The molecule has 202 valence electrons. The molecule has 3 rings (SSSR count). The Morgan fingerprint density at radius 3 is 1.83 bits per heavy atom. The lowest BCUT2D eigenvalue weighted by Crippen LogP contribution is -2.49. The predicted molar refractivity (Wildman–Crippen MR) is 148 cm³/mol. The van der Waals surface area contributed by atoms with Crippen molar-refractivity contribution in [2.24, 2.45) is 0 Å². The molecule has 2 aromatic rings. The highest BCUT2D eigenvalue weighted by Gasteiger charge is 2.22. The van der Waals surface area contributed by atoms with Gasteiger partial charge in [-0.2, -0.15) is 0 Å². The molecule has 0 aliphatic carbocycles. The van der Waals surface area contributed by atoms with E-state index < -0.39 is 6.10 Å². The number of halogens is 4. The van der Waals surface area contributed by atoms with Crippen LogP contribution in [-0.2, 0) is 0 Å². The van der Waals surface area contributed by atoms with Crippen molar-refractivity contribution in [2.45, 2.75) is 6.10 Å². The first-order valence-corrected chi connectivity index (χ1v) is 10.3. The number of rotatable bonds is 10. The van der Waals surface area contributed by atoms with E-state index in [0.717, 1.165) is 37.6 Å². The molecule has 1 N–H and O–H groups in total. The first-order chi connectivity index (χ1) is 15.1. The summed E-state index contributed by atoms with van der Waals surface area (Å²) in [5, 5.41) is 10.5. The number of piperazine rings is 1. The van der Waals surface area contributed by atoms with Crippen molar-refractivity contribution in [3.8, 4) is 28.7 Å². The van der Waals surface area contributed by atoms with Crippen LogP contribution in [0.4, 0.5) is 5.69 Å². The number of para-hydroxylation sites is 2. The molecule has 1 atom stereocenters. The van der Waals surface area contributed by atoms with E-state index >= 15 is 0 Å². The van der Waals surface area contributed by atoms with E-state index in [1.165, 1.54) is 0 Å². The maximum absolute atomic E-state index is 10.5. The van der Waals surface area contributed by atoms with Gasteiger partial charge in [0.05, 0.1) is 34.1 Å². The van der Waals surface area contributed by atoms with Crippen molar-refractivity contribution >= 4 is 55.3 Å². The van der Waals surface area contributed by atoms with Crippen molar-refractivity contribution in [1.82, 2.24) is 4.90 Å². The summed E-state index contributed by atoms with van der Waals surface area (Å²) in [7, 11) is 6.36. The molecule has 1 unspecified atom stereocenters. The number of benzene rings is 2. The zero-order valence-corrected chi connectivity index (χ0v) is 23.6. The second-order valence-corrected chi connectivity index (χ2v) is 7.29. The van der Waals surface area contributed by atoms with Gasteiger partial charge in [0, 0.05) is 44.9 Å². The minimum absolute atomic E-state index is 0. The average molecular weight is 578 g/mol. The van der Waals surface area contributed by atoms with Gasteiger partial charge in [-0.25, -0.2) is 0 Å². The molecule has 1 heterocycles. The van der Waals surface area contributed by atoms with Crippen LogP contribution in [0.5, 0.6) is 28.7 Å². The quantitative estimate of drug-likeness (QED) is 0.455. The van der Waals surface area contributed by atoms with Gasteiger partial charge in [0.1, 0.15) is 24.2 Å². The lowest BCUT2D eigenvalue weighted by Gasteiger charge is -2.37. The number of β-amino-alcohol motifs (C(OH)–C–C–N with tert-alkyl or cyclic N) is 1. The Bertz CT molecular complexity index is 832. The number of hydrogen-bond acceptors (Lipinski definition) is 8. The van der Waals surface area contributed by atoms with Crippen molar-refractivity contribution in [1.29, 1.82) is 0 Å². The van der Waals surface area contributed by atoms with Crippen LogP contribution in [0.1, 0.15) is 0 Å². The van der Waals surface area contributed by atoms with Crippen LogP contribution in [0.2, 0.25) is 0 Å². The van der Waals surface area contributed by atoms with Crippen molar-refractivity contribution in [3.63, 3.8) is 0 Å².